The molecule has 0 amide bonds. The summed E-state index contributed by atoms with van der Waals surface area (Å²) in [4.78, 5) is 0. The second-order valence-electron chi connectivity index (χ2n) is 4.52. The lowest BCUT2D eigenvalue weighted by Gasteiger charge is -2.17. The lowest BCUT2D eigenvalue weighted by Crippen LogP contribution is -2.28. The number of ether oxygens (including phenoxy) is 1. The van der Waals surface area contributed by atoms with Crippen molar-refractivity contribution in [1.29, 1.82) is 0 Å². The molecule has 1 aromatic rings. The Morgan fingerprint density at radius 1 is 1.26 bits per heavy atom. The average Bonchev–Trinajstić information content (AvgIpc) is 2.36. The van der Waals surface area contributed by atoms with Crippen molar-refractivity contribution in [2.45, 2.75) is 45.4 Å². The highest BCUT2D eigenvalue weighted by molar-refractivity contribution is 5.28. The smallest absolute Gasteiger partial charge is 0.387 e. The summed E-state index contributed by atoms with van der Waals surface area (Å²) < 4.78 is 28.3. The predicted molar refractivity (Wildman–Crippen MR) is 70.4 cm³/mol. The molecular weight excluding hydrogens is 252 g/mol. The molecule has 0 aromatic heterocycles. The van der Waals surface area contributed by atoms with Gasteiger partial charge in [0, 0.05) is 12.6 Å². The highest BCUT2D eigenvalue weighted by atomic mass is 19.3. The van der Waals surface area contributed by atoms with Gasteiger partial charge in [0.1, 0.15) is 5.75 Å². The Morgan fingerprint density at radius 2 is 1.89 bits per heavy atom. The van der Waals surface area contributed by atoms with Gasteiger partial charge in [0.2, 0.25) is 0 Å². The summed E-state index contributed by atoms with van der Waals surface area (Å²) in [6, 6.07) is 6.56. The standard InChI is InChI=1S/C14H21F2NO2/c1-3-4-12(18)9-17-10(2)11-5-7-13(8-6-11)19-14(15)16/h5-8,10,12,14,17-18H,3-4,9H2,1-2H3. The van der Waals surface area contributed by atoms with Crippen LogP contribution in [0, 0.1) is 0 Å². The highest BCUT2D eigenvalue weighted by Gasteiger charge is 2.09. The van der Waals surface area contributed by atoms with E-state index in [0.29, 0.717) is 6.54 Å². The van der Waals surface area contributed by atoms with Crippen LogP contribution in [0.1, 0.15) is 38.3 Å². The second-order valence-corrected chi connectivity index (χ2v) is 4.52. The van der Waals surface area contributed by atoms with Gasteiger partial charge in [0.15, 0.2) is 0 Å². The van der Waals surface area contributed by atoms with Crippen molar-refractivity contribution < 1.29 is 18.6 Å². The third-order valence-electron chi connectivity index (χ3n) is 2.89. The van der Waals surface area contributed by atoms with Crippen molar-refractivity contribution in [2.75, 3.05) is 6.54 Å². The molecule has 19 heavy (non-hydrogen) atoms. The lowest BCUT2D eigenvalue weighted by molar-refractivity contribution is -0.0498. The zero-order chi connectivity index (χ0) is 14.3. The number of alkyl halides is 2. The average molecular weight is 273 g/mol. The van der Waals surface area contributed by atoms with Crippen molar-refractivity contribution in [3.8, 4) is 5.75 Å². The Hall–Kier alpha value is -1.20. The number of aliphatic hydroxyl groups excluding tert-OH is 1. The summed E-state index contributed by atoms with van der Waals surface area (Å²) in [7, 11) is 0. The summed E-state index contributed by atoms with van der Waals surface area (Å²) in [5.41, 5.74) is 0.963. The van der Waals surface area contributed by atoms with Gasteiger partial charge in [0.25, 0.3) is 0 Å². The largest absolute Gasteiger partial charge is 0.435 e. The molecular formula is C14H21F2NO2. The molecule has 0 aliphatic rings. The Labute approximate surface area is 112 Å². The first-order valence-electron chi connectivity index (χ1n) is 6.49. The van der Waals surface area contributed by atoms with Crippen LogP contribution >= 0.6 is 0 Å². The molecule has 108 valence electrons. The monoisotopic (exact) mass is 273 g/mol. The molecule has 0 bridgehead atoms. The van der Waals surface area contributed by atoms with E-state index < -0.39 is 6.61 Å². The van der Waals surface area contributed by atoms with Gasteiger partial charge in [-0.05, 0) is 31.0 Å². The Balaban J connectivity index is 2.46. The van der Waals surface area contributed by atoms with Crippen LogP contribution in [0.4, 0.5) is 8.78 Å². The number of halogens is 2. The number of nitrogens with one attached hydrogen (secondary N) is 1. The Kier molecular flexibility index (Phi) is 6.73. The number of hydrogen-bond donors (Lipinski definition) is 2. The van der Waals surface area contributed by atoms with Gasteiger partial charge < -0.3 is 15.2 Å². The van der Waals surface area contributed by atoms with Gasteiger partial charge in [-0.1, -0.05) is 25.5 Å². The molecule has 0 spiro atoms. The molecule has 0 aliphatic carbocycles. The minimum Gasteiger partial charge on any atom is -0.435 e. The minimum absolute atomic E-state index is 0.0482. The van der Waals surface area contributed by atoms with Gasteiger partial charge in [-0.25, -0.2) is 0 Å². The molecule has 1 aromatic carbocycles. The lowest BCUT2D eigenvalue weighted by atomic mass is 10.1. The first-order valence-corrected chi connectivity index (χ1v) is 6.49. The van der Waals surface area contributed by atoms with Crippen LogP contribution in [-0.2, 0) is 0 Å². The van der Waals surface area contributed by atoms with Gasteiger partial charge in [0.05, 0.1) is 6.10 Å². The van der Waals surface area contributed by atoms with E-state index >= 15 is 0 Å². The van der Waals surface area contributed by atoms with Crippen LogP contribution in [0.15, 0.2) is 24.3 Å². The van der Waals surface area contributed by atoms with Crippen LogP contribution in [0.3, 0.4) is 0 Å². The maximum atomic E-state index is 12.0. The molecule has 0 heterocycles. The van der Waals surface area contributed by atoms with E-state index in [2.05, 4.69) is 10.1 Å². The minimum atomic E-state index is -2.80. The number of benzene rings is 1. The van der Waals surface area contributed by atoms with Gasteiger partial charge in [-0.3, -0.25) is 0 Å². The van der Waals surface area contributed by atoms with Crippen LogP contribution in [0.2, 0.25) is 0 Å². The van der Waals surface area contributed by atoms with E-state index in [1.54, 1.807) is 12.1 Å². The fourth-order valence-electron chi connectivity index (χ4n) is 1.80. The molecule has 3 nitrogen and oxygen atoms in total. The zero-order valence-electron chi connectivity index (χ0n) is 11.3. The van der Waals surface area contributed by atoms with E-state index in [1.165, 1.54) is 12.1 Å². The van der Waals surface area contributed by atoms with Crippen LogP contribution in [0.5, 0.6) is 5.75 Å². The van der Waals surface area contributed by atoms with E-state index in [1.807, 2.05) is 13.8 Å². The first-order chi connectivity index (χ1) is 9.02. The Morgan fingerprint density at radius 3 is 2.42 bits per heavy atom. The van der Waals surface area contributed by atoms with E-state index in [9.17, 15) is 13.9 Å². The summed E-state index contributed by atoms with van der Waals surface area (Å²) in [5, 5.41) is 12.8. The van der Waals surface area contributed by atoms with E-state index in [0.717, 1.165) is 18.4 Å². The quantitative estimate of drug-likeness (QED) is 0.764. The highest BCUT2D eigenvalue weighted by Crippen LogP contribution is 2.19. The van der Waals surface area contributed by atoms with Crippen molar-refractivity contribution >= 4 is 0 Å². The molecule has 0 radical (unpaired) electrons. The third-order valence-corrected chi connectivity index (χ3v) is 2.89. The number of rotatable bonds is 8. The molecule has 1 rings (SSSR count). The van der Waals surface area contributed by atoms with Gasteiger partial charge in [-0.15, -0.1) is 0 Å². The van der Waals surface area contributed by atoms with Crippen molar-refractivity contribution in [2.24, 2.45) is 0 Å². The second kappa shape index (κ2) is 8.07. The fourth-order valence-corrected chi connectivity index (χ4v) is 1.80. The number of aliphatic hydroxyl groups is 1. The summed E-state index contributed by atoms with van der Waals surface area (Å²) >= 11 is 0. The molecule has 2 N–H and O–H groups in total. The molecule has 0 saturated heterocycles. The van der Waals surface area contributed by atoms with Gasteiger partial charge >= 0.3 is 6.61 Å². The van der Waals surface area contributed by atoms with E-state index in [-0.39, 0.29) is 17.9 Å². The normalized spacial score (nSPS) is 14.4. The first kappa shape index (κ1) is 15.9. The molecule has 0 saturated carbocycles. The van der Waals surface area contributed by atoms with Crippen molar-refractivity contribution in [3.05, 3.63) is 29.8 Å². The molecule has 2 atom stereocenters. The van der Waals surface area contributed by atoms with Crippen LogP contribution in [0.25, 0.3) is 0 Å². The molecule has 5 heteroatoms. The molecule has 2 unspecified atom stereocenters. The summed E-state index contributed by atoms with van der Waals surface area (Å²) in [5.74, 6) is 0.150. The SMILES string of the molecule is CCCC(O)CNC(C)c1ccc(OC(F)F)cc1. The topological polar surface area (TPSA) is 41.5 Å². The molecule has 0 aliphatic heterocycles. The zero-order valence-corrected chi connectivity index (χ0v) is 11.3. The van der Waals surface area contributed by atoms with Crippen LogP contribution < -0.4 is 10.1 Å². The molecule has 0 fully saturated rings. The number of hydrogen-bond acceptors (Lipinski definition) is 3. The maximum Gasteiger partial charge on any atom is 0.387 e. The summed E-state index contributed by atoms with van der Waals surface area (Å²) in [6.45, 7) is 1.70. The van der Waals surface area contributed by atoms with Crippen LogP contribution in [-0.4, -0.2) is 24.4 Å². The maximum absolute atomic E-state index is 12.0. The fraction of sp³-hybridized carbons (Fsp3) is 0.571. The van der Waals surface area contributed by atoms with E-state index in [4.69, 9.17) is 0 Å². The van der Waals surface area contributed by atoms with Gasteiger partial charge in [-0.2, -0.15) is 8.78 Å². The predicted octanol–water partition coefficient (Wildman–Crippen LogP) is 3.10. The van der Waals surface area contributed by atoms with Crippen molar-refractivity contribution in [3.63, 3.8) is 0 Å². The third kappa shape index (κ3) is 5.98. The summed E-state index contributed by atoms with van der Waals surface area (Å²) in [6.07, 6.45) is 1.35. The van der Waals surface area contributed by atoms with Crippen molar-refractivity contribution in [1.82, 2.24) is 5.32 Å². The Bertz CT molecular complexity index is 357.